The Morgan fingerprint density at radius 1 is 0.561 bits per heavy atom. The van der Waals surface area contributed by atoms with E-state index < -0.39 is 0 Å². The summed E-state index contributed by atoms with van der Waals surface area (Å²) in [5, 5.41) is 4.59. The topological polar surface area (TPSA) is 35.5 Å². The van der Waals surface area contributed by atoms with Crippen molar-refractivity contribution in [2.24, 2.45) is 0 Å². The third kappa shape index (κ3) is 3.84. The summed E-state index contributed by atoms with van der Waals surface area (Å²) in [7, 11) is 0. The Hall–Kier alpha value is -4.60. The van der Waals surface area contributed by atoms with E-state index in [4.69, 9.17) is 13.6 Å². The maximum Gasteiger partial charge on any atom is 0.136 e. The van der Waals surface area contributed by atoms with Crippen LogP contribution in [0.15, 0.2) is 106 Å². The first-order valence-electron chi connectivity index (χ1n) is 14.5. The lowest BCUT2D eigenvalue weighted by Crippen LogP contribution is -1.97. The summed E-state index contributed by atoms with van der Waals surface area (Å²) >= 11 is 0. The molecule has 0 unspecified atom stereocenters. The molecule has 3 heteroatoms. The van der Waals surface area contributed by atoms with Crippen LogP contribution in [-0.4, -0.2) is 13.2 Å². The van der Waals surface area contributed by atoms with Gasteiger partial charge in [0.25, 0.3) is 0 Å². The van der Waals surface area contributed by atoms with Crippen LogP contribution in [0.4, 0.5) is 0 Å². The first kappa shape index (κ1) is 24.2. The Morgan fingerprint density at radius 3 is 1.61 bits per heavy atom. The smallest absolute Gasteiger partial charge is 0.136 e. The van der Waals surface area contributed by atoms with E-state index in [1.54, 1.807) is 0 Å². The van der Waals surface area contributed by atoms with Gasteiger partial charge in [0.15, 0.2) is 0 Å². The highest BCUT2D eigenvalue weighted by Crippen LogP contribution is 2.50. The summed E-state index contributed by atoms with van der Waals surface area (Å²) in [5.41, 5.74) is 13.2. The summed E-state index contributed by atoms with van der Waals surface area (Å²) in [4.78, 5) is 0. The third-order valence-corrected chi connectivity index (χ3v) is 8.49. The van der Waals surface area contributed by atoms with E-state index in [2.05, 4.69) is 104 Å². The first-order chi connectivity index (χ1) is 20.2. The highest BCUT2D eigenvalue weighted by molar-refractivity contribution is 6.26. The summed E-state index contributed by atoms with van der Waals surface area (Å²) in [6.45, 7) is 5.75. The van der Waals surface area contributed by atoms with Gasteiger partial charge in [0.2, 0.25) is 0 Å². The first-order valence-corrected chi connectivity index (χ1v) is 14.5. The van der Waals surface area contributed by atoms with Gasteiger partial charge >= 0.3 is 0 Å². The summed E-state index contributed by atoms with van der Waals surface area (Å²) in [6.07, 6.45) is 2.06. The van der Waals surface area contributed by atoms with Gasteiger partial charge in [0, 0.05) is 35.1 Å². The normalized spacial score (nSPS) is 12.1. The molecule has 0 amide bonds. The van der Waals surface area contributed by atoms with Crippen LogP contribution >= 0.6 is 0 Å². The number of rotatable bonds is 7. The zero-order valence-electron chi connectivity index (χ0n) is 23.3. The molecule has 0 saturated carbocycles. The van der Waals surface area contributed by atoms with Crippen molar-refractivity contribution in [2.75, 3.05) is 13.2 Å². The molecule has 8 rings (SSSR count). The van der Waals surface area contributed by atoms with Crippen LogP contribution in [-0.2, 0) is 11.2 Å². The number of hydrogen-bond acceptors (Lipinski definition) is 3. The molecule has 6 aromatic rings. The number of hydrogen-bond donors (Lipinski definition) is 0. The molecule has 0 aliphatic carbocycles. The Labute approximate surface area is 238 Å². The van der Waals surface area contributed by atoms with Gasteiger partial charge in [0.05, 0.1) is 0 Å². The minimum absolute atomic E-state index is 0.774. The van der Waals surface area contributed by atoms with Crippen molar-refractivity contribution in [3.8, 4) is 33.4 Å². The fourth-order valence-electron chi connectivity index (χ4n) is 6.48. The molecule has 0 N–H and O–H groups in total. The maximum absolute atomic E-state index is 6.61. The molecule has 6 aromatic carbocycles. The highest BCUT2D eigenvalue weighted by Gasteiger charge is 2.26. The maximum atomic E-state index is 6.61. The minimum atomic E-state index is 0.774. The Kier molecular flexibility index (Phi) is 5.61. The molecular weight excluding hydrogens is 504 g/mol. The summed E-state index contributed by atoms with van der Waals surface area (Å²) in [6, 6.07) is 34.9. The minimum Gasteiger partial charge on any atom is -0.456 e. The molecule has 41 heavy (non-hydrogen) atoms. The average Bonchev–Trinajstić information content (AvgIpc) is 3.01. The van der Waals surface area contributed by atoms with Crippen LogP contribution in [0.1, 0.15) is 24.5 Å². The average molecular weight is 535 g/mol. The van der Waals surface area contributed by atoms with Crippen molar-refractivity contribution in [1.82, 2.24) is 0 Å². The SMILES string of the molecule is CCOCCCc1ccc(-c2ccc3oc4ccc5c(-c6ccc(C)cc6)ccc6oc7ccc2c3c7-c4c65)cc1. The lowest BCUT2D eigenvalue weighted by molar-refractivity contribution is 0.145. The molecule has 0 aromatic heterocycles. The van der Waals surface area contributed by atoms with Crippen LogP contribution < -0.4 is 0 Å². The molecular formula is C38H30O3. The van der Waals surface area contributed by atoms with E-state index in [-0.39, 0.29) is 0 Å². The monoisotopic (exact) mass is 534 g/mol. The van der Waals surface area contributed by atoms with E-state index >= 15 is 0 Å². The predicted octanol–water partition coefficient (Wildman–Crippen LogP) is 10.6. The van der Waals surface area contributed by atoms with Gasteiger partial charge in [-0.1, -0.05) is 66.2 Å². The van der Waals surface area contributed by atoms with Crippen molar-refractivity contribution in [2.45, 2.75) is 26.7 Å². The highest BCUT2D eigenvalue weighted by atomic mass is 16.5. The lowest BCUT2D eigenvalue weighted by Gasteiger charge is -2.21. The molecule has 2 aliphatic heterocycles. The Morgan fingerprint density at radius 2 is 1.07 bits per heavy atom. The van der Waals surface area contributed by atoms with Gasteiger partial charge in [-0.25, -0.2) is 0 Å². The number of aryl methyl sites for hydroxylation is 2. The van der Waals surface area contributed by atoms with Crippen LogP contribution in [0.3, 0.4) is 0 Å². The number of ether oxygens (including phenoxy) is 1. The van der Waals surface area contributed by atoms with Crippen molar-refractivity contribution < 1.29 is 13.6 Å². The number of benzene rings is 6. The van der Waals surface area contributed by atoms with Crippen molar-refractivity contribution in [3.05, 3.63) is 108 Å². The zero-order chi connectivity index (χ0) is 27.5. The Bertz CT molecular complexity index is 2120. The quantitative estimate of drug-likeness (QED) is 0.116. The van der Waals surface area contributed by atoms with Gasteiger partial charge < -0.3 is 13.6 Å². The lowest BCUT2D eigenvalue weighted by atomic mass is 9.86. The molecule has 0 spiro atoms. The molecule has 3 nitrogen and oxygen atoms in total. The van der Waals surface area contributed by atoms with Gasteiger partial charge in [0.1, 0.15) is 22.3 Å². The van der Waals surface area contributed by atoms with Crippen LogP contribution in [0.2, 0.25) is 0 Å². The van der Waals surface area contributed by atoms with Gasteiger partial charge in [-0.15, -0.1) is 0 Å². The molecule has 0 fully saturated rings. The second-order valence-electron chi connectivity index (χ2n) is 11.0. The molecule has 200 valence electrons. The van der Waals surface area contributed by atoms with E-state index in [9.17, 15) is 0 Å². The fourth-order valence-corrected chi connectivity index (χ4v) is 6.48. The van der Waals surface area contributed by atoms with Crippen LogP contribution in [0.25, 0.3) is 77.3 Å². The third-order valence-electron chi connectivity index (χ3n) is 8.49. The van der Waals surface area contributed by atoms with E-state index in [1.807, 2.05) is 6.92 Å². The van der Waals surface area contributed by atoms with Gasteiger partial charge in [-0.3, -0.25) is 0 Å². The Balaban J connectivity index is 1.31. The molecule has 0 bridgehead atoms. The zero-order valence-corrected chi connectivity index (χ0v) is 23.3. The second kappa shape index (κ2) is 9.50. The second-order valence-corrected chi connectivity index (χ2v) is 11.0. The van der Waals surface area contributed by atoms with Crippen LogP contribution in [0.5, 0.6) is 0 Å². The molecule has 0 atom stereocenters. The van der Waals surface area contributed by atoms with E-state index in [1.165, 1.54) is 44.2 Å². The van der Waals surface area contributed by atoms with E-state index in [0.29, 0.717) is 0 Å². The van der Waals surface area contributed by atoms with Crippen molar-refractivity contribution in [3.63, 3.8) is 0 Å². The summed E-state index contributed by atoms with van der Waals surface area (Å²) in [5.74, 6) is 0. The molecule has 0 radical (unpaired) electrons. The van der Waals surface area contributed by atoms with Crippen molar-refractivity contribution in [1.29, 1.82) is 0 Å². The predicted molar refractivity (Wildman–Crippen MR) is 169 cm³/mol. The van der Waals surface area contributed by atoms with Gasteiger partial charge in [-0.05, 0) is 102 Å². The largest absolute Gasteiger partial charge is 0.456 e. The molecule has 2 aliphatic rings. The van der Waals surface area contributed by atoms with E-state index in [0.717, 1.165) is 70.3 Å². The summed E-state index contributed by atoms with van der Waals surface area (Å²) < 4.78 is 18.7. The molecule has 2 heterocycles. The fraction of sp³-hybridized carbons (Fsp3) is 0.158. The van der Waals surface area contributed by atoms with Crippen molar-refractivity contribution >= 4 is 43.9 Å². The molecule has 0 saturated heterocycles. The van der Waals surface area contributed by atoms with Gasteiger partial charge in [-0.2, -0.15) is 0 Å². The van der Waals surface area contributed by atoms with Crippen LogP contribution in [0, 0.1) is 6.92 Å². The standard InChI is InChI=1S/C38H30O3/c1-3-39-22-4-5-24-8-12-26(13-9-24)28-15-19-32-36-30(28)17-21-34-38(36)37-33(41-32)20-16-29-27(14-18-31(40-34)35(29)37)25-10-6-23(2)7-11-25/h6-21H,3-5,22H2,1-2H3.